The van der Waals surface area contributed by atoms with E-state index in [1.165, 1.54) is 47.2 Å². The monoisotopic (exact) mass is 656 g/mol. The third kappa shape index (κ3) is 3.85. The van der Waals surface area contributed by atoms with Crippen LogP contribution >= 0.6 is 11.3 Å². The fraction of sp³-hybridized carbons (Fsp3) is 0. The van der Waals surface area contributed by atoms with Crippen molar-refractivity contribution in [3.05, 3.63) is 170 Å². The number of thiophene rings is 1. The Morgan fingerprint density at radius 1 is 0.440 bits per heavy atom. The summed E-state index contributed by atoms with van der Waals surface area (Å²) in [5, 5.41) is 9.53. The van der Waals surface area contributed by atoms with Crippen molar-refractivity contribution >= 4 is 103 Å². The summed E-state index contributed by atoms with van der Waals surface area (Å²) in [4.78, 5) is 2.47. The average molecular weight is 657 g/mol. The standard InChI is InChI=1S/C46H28N2OS/c1-2-15-30(16-3-1)47-35-21-9-6-18-32(35)44-36(47)22-12-23-37(44)48(38-24-13-27-42-45(38)34-20-8-11-26-41(34)50-42)39-28-29-14-4-5-17-31(29)43-33-19-7-10-25-40(33)49-46(39)43/h1-28H. The first-order valence-electron chi connectivity index (χ1n) is 16.9. The minimum atomic E-state index is 0.880. The zero-order valence-electron chi connectivity index (χ0n) is 26.9. The van der Waals surface area contributed by atoms with Gasteiger partial charge in [0.2, 0.25) is 0 Å². The molecule has 0 spiro atoms. The van der Waals surface area contributed by atoms with Gasteiger partial charge in [0.15, 0.2) is 5.58 Å². The highest BCUT2D eigenvalue weighted by molar-refractivity contribution is 7.26. The van der Waals surface area contributed by atoms with Crippen LogP contribution in [-0.2, 0) is 0 Å². The number of nitrogens with zero attached hydrogens (tertiary/aromatic N) is 2. The lowest BCUT2D eigenvalue weighted by molar-refractivity contribution is 0.669. The van der Waals surface area contributed by atoms with E-state index in [0.29, 0.717) is 0 Å². The summed E-state index contributed by atoms with van der Waals surface area (Å²) in [6, 6.07) is 61.1. The van der Waals surface area contributed by atoms with E-state index >= 15 is 0 Å². The molecule has 0 N–H and O–H groups in total. The molecule has 11 aromatic rings. The number of anilines is 3. The van der Waals surface area contributed by atoms with Gasteiger partial charge in [-0.1, -0.05) is 109 Å². The Kier molecular flexibility index (Phi) is 5.83. The largest absolute Gasteiger partial charge is 0.454 e. The molecule has 234 valence electrons. The van der Waals surface area contributed by atoms with E-state index in [9.17, 15) is 0 Å². The van der Waals surface area contributed by atoms with Gasteiger partial charge in [-0.15, -0.1) is 11.3 Å². The summed E-state index contributed by atoms with van der Waals surface area (Å²) in [6.07, 6.45) is 0. The molecule has 0 saturated carbocycles. The second kappa shape index (κ2) is 10.6. The maximum atomic E-state index is 6.93. The van der Waals surface area contributed by atoms with Crippen molar-refractivity contribution in [3.63, 3.8) is 0 Å². The highest BCUT2D eigenvalue weighted by Gasteiger charge is 2.27. The first-order chi connectivity index (χ1) is 24.8. The van der Waals surface area contributed by atoms with Crippen molar-refractivity contribution in [2.24, 2.45) is 0 Å². The normalized spacial score (nSPS) is 12.0. The molecule has 0 aliphatic rings. The Morgan fingerprint density at radius 3 is 1.96 bits per heavy atom. The molecule has 0 atom stereocenters. The van der Waals surface area contributed by atoms with Gasteiger partial charge < -0.3 is 13.9 Å². The van der Waals surface area contributed by atoms with Gasteiger partial charge in [0.25, 0.3) is 0 Å². The smallest absolute Gasteiger partial charge is 0.160 e. The van der Waals surface area contributed by atoms with Crippen LogP contribution in [0.25, 0.3) is 80.4 Å². The van der Waals surface area contributed by atoms with E-state index in [4.69, 9.17) is 4.42 Å². The minimum Gasteiger partial charge on any atom is -0.454 e. The van der Waals surface area contributed by atoms with E-state index in [1.54, 1.807) is 0 Å². The lowest BCUT2D eigenvalue weighted by Crippen LogP contribution is -2.11. The van der Waals surface area contributed by atoms with E-state index in [0.717, 1.165) is 50.2 Å². The molecular formula is C46H28N2OS. The summed E-state index contributed by atoms with van der Waals surface area (Å²) in [5.41, 5.74) is 8.48. The Labute approximate surface area is 291 Å². The summed E-state index contributed by atoms with van der Waals surface area (Å²) in [7, 11) is 0. The maximum absolute atomic E-state index is 6.93. The minimum absolute atomic E-state index is 0.880. The van der Waals surface area contributed by atoms with Crippen molar-refractivity contribution in [2.45, 2.75) is 0 Å². The van der Waals surface area contributed by atoms with Gasteiger partial charge >= 0.3 is 0 Å². The Morgan fingerprint density at radius 2 is 1.08 bits per heavy atom. The number of hydrogen-bond donors (Lipinski definition) is 0. The second-order valence-corrected chi connectivity index (χ2v) is 13.9. The van der Waals surface area contributed by atoms with Gasteiger partial charge in [-0.2, -0.15) is 0 Å². The van der Waals surface area contributed by atoms with Crippen LogP contribution in [0.5, 0.6) is 0 Å². The van der Waals surface area contributed by atoms with Crippen molar-refractivity contribution < 1.29 is 4.42 Å². The van der Waals surface area contributed by atoms with Crippen LogP contribution in [0, 0.1) is 0 Å². The molecule has 0 radical (unpaired) electrons. The number of para-hydroxylation sites is 3. The van der Waals surface area contributed by atoms with Crippen molar-refractivity contribution in [3.8, 4) is 5.69 Å². The van der Waals surface area contributed by atoms with Crippen molar-refractivity contribution in [1.82, 2.24) is 4.57 Å². The Hall–Kier alpha value is -6.36. The van der Waals surface area contributed by atoms with Gasteiger partial charge in [0, 0.05) is 47.4 Å². The molecule has 3 aromatic heterocycles. The molecule has 0 amide bonds. The van der Waals surface area contributed by atoms with Crippen LogP contribution in [0.2, 0.25) is 0 Å². The third-order valence-electron chi connectivity index (χ3n) is 10.1. The van der Waals surface area contributed by atoms with Crippen LogP contribution in [-0.4, -0.2) is 4.57 Å². The molecule has 3 nitrogen and oxygen atoms in total. The molecule has 8 aromatic carbocycles. The van der Waals surface area contributed by atoms with Gasteiger partial charge in [0.05, 0.1) is 28.1 Å². The van der Waals surface area contributed by atoms with Gasteiger partial charge in [-0.3, -0.25) is 0 Å². The predicted octanol–water partition coefficient (Wildman–Crippen LogP) is 13.7. The van der Waals surface area contributed by atoms with Crippen LogP contribution in [0.1, 0.15) is 0 Å². The third-order valence-corrected chi connectivity index (χ3v) is 11.3. The van der Waals surface area contributed by atoms with Crippen molar-refractivity contribution in [1.29, 1.82) is 0 Å². The lowest BCUT2D eigenvalue weighted by Gasteiger charge is -2.28. The number of furan rings is 1. The molecule has 4 heteroatoms. The topological polar surface area (TPSA) is 21.3 Å². The molecule has 0 aliphatic heterocycles. The predicted molar refractivity (Wildman–Crippen MR) is 213 cm³/mol. The summed E-state index contributed by atoms with van der Waals surface area (Å²) in [5.74, 6) is 0. The number of rotatable bonds is 4. The molecule has 3 heterocycles. The molecule has 0 unspecified atom stereocenters. The highest BCUT2D eigenvalue weighted by atomic mass is 32.1. The van der Waals surface area contributed by atoms with Crippen LogP contribution in [0.3, 0.4) is 0 Å². The lowest BCUT2D eigenvalue weighted by atomic mass is 10.00. The van der Waals surface area contributed by atoms with Crippen molar-refractivity contribution in [2.75, 3.05) is 4.90 Å². The zero-order chi connectivity index (χ0) is 32.8. The molecule has 0 bridgehead atoms. The van der Waals surface area contributed by atoms with Crippen LogP contribution in [0.4, 0.5) is 17.1 Å². The number of hydrogen-bond acceptors (Lipinski definition) is 3. The van der Waals surface area contributed by atoms with Gasteiger partial charge in [-0.05, 0) is 71.4 Å². The first-order valence-corrected chi connectivity index (χ1v) is 17.8. The van der Waals surface area contributed by atoms with Gasteiger partial charge in [-0.25, -0.2) is 0 Å². The Balaban J connectivity index is 1.35. The first kappa shape index (κ1) is 27.6. The molecular weight excluding hydrogens is 629 g/mol. The number of aromatic nitrogens is 1. The molecule has 0 aliphatic carbocycles. The summed E-state index contributed by atoms with van der Waals surface area (Å²) >= 11 is 1.85. The fourth-order valence-corrected chi connectivity index (χ4v) is 9.22. The molecule has 0 fully saturated rings. The summed E-state index contributed by atoms with van der Waals surface area (Å²) < 4.78 is 11.9. The molecule has 0 saturated heterocycles. The number of benzene rings is 8. The zero-order valence-corrected chi connectivity index (χ0v) is 27.7. The van der Waals surface area contributed by atoms with E-state index in [1.807, 2.05) is 11.3 Å². The number of fused-ring (bicyclic) bond motifs is 11. The van der Waals surface area contributed by atoms with Crippen LogP contribution < -0.4 is 4.90 Å². The van der Waals surface area contributed by atoms with E-state index in [-0.39, 0.29) is 0 Å². The van der Waals surface area contributed by atoms with Gasteiger partial charge in [0.1, 0.15) is 5.58 Å². The van der Waals surface area contributed by atoms with Crippen LogP contribution in [0.15, 0.2) is 174 Å². The highest BCUT2D eigenvalue weighted by Crippen LogP contribution is 2.51. The quantitative estimate of drug-likeness (QED) is 0.188. The SMILES string of the molecule is c1ccc(-n2c3ccccc3c3c(N(c4cc5ccccc5c5c4oc4ccccc45)c4cccc5sc6ccccc6c45)cccc32)cc1. The second-order valence-electron chi connectivity index (χ2n) is 12.9. The summed E-state index contributed by atoms with van der Waals surface area (Å²) in [6.45, 7) is 0. The maximum Gasteiger partial charge on any atom is 0.160 e. The Bertz CT molecular complexity index is 3110. The molecule has 50 heavy (non-hydrogen) atoms. The van der Waals surface area contributed by atoms with E-state index in [2.05, 4.69) is 179 Å². The average Bonchev–Trinajstić information content (AvgIpc) is 3.86. The van der Waals surface area contributed by atoms with E-state index < -0.39 is 0 Å². The molecule has 11 rings (SSSR count). The fourth-order valence-electron chi connectivity index (χ4n) is 8.10.